The molecule has 5 heteroatoms. The monoisotopic (exact) mass is 131 g/mol. The predicted octanol–water partition coefficient (Wildman–Crippen LogP) is -0.377. The lowest BCUT2D eigenvalue weighted by Crippen LogP contribution is -2.18. The maximum atomic E-state index is 12.1. The molecule has 4 nitrogen and oxygen atoms in total. The lowest BCUT2D eigenvalue weighted by atomic mass is 10.7. The number of aryl methyl sites for hydroxylation is 1. The highest BCUT2D eigenvalue weighted by molar-refractivity contribution is 4.78. The van der Waals surface area contributed by atoms with Crippen LogP contribution < -0.4 is 5.69 Å². The molecular formula is C4H6FN3O. The number of aromatic nitrogens is 3. The van der Waals surface area contributed by atoms with Gasteiger partial charge in [0.05, 0.1) is 0 Å². The highest BCUT2D eigenvalue weighted by atomic mass is 19.2. The Labute approximate surface area is 50.5 Å². The molecule has 0 atom stereocenters. The Morgan fingerprint density at radius 2 is 2.22 bits per heavy atom. The van der Waals surface area contributed by atoms with E-state index in [-0.39, 0.29) is 4.90 Å². The first-order valence-electron chi connectivity index (χ1n) is 2.41. The molecule has 50 valence electrons. The lowest BCUT2D eigenvalue weighted by molar-refractivity contribution is 0.298. The Hall–Kier alpha value is -1.13. The molecule has 0 bridgehead atoms. The van der Waals surface area contributed by atoms with E-state index in [9.17, 15) is 9.28 Å². The zero-order valence-corrected chi connectivity index (χ0v) is 5.13. The normalized spacial score (nSPS) is 10.1. The maximum Gasteiger partial charge on any atom is 0.375 e. The van der Waals surface area contributed by atoms with E-state index in [4.69, 9.17) is 0 Å². The number of halogens is 1. The van der Waals surface area contributed by atoms with Gasteiger partial charge in [-0.05, 0) is 11.8 Å². The van der Waals surface area contributed by atoms with E-state index in [0.29, 0.717) is 5.82 Å². The zero-order chi connectivity index (χ0) is 7.02. The first-order valence-corrected chi connectivity index (χ1v) is 2.41. The van der Waals surface area contributed by atoms with Crippen LogP contribution in [0, 0.1) is 6.92 Å². The summed E-state index contributed by atoms with van der Waals surface area (Å²) in [6, 6.07) is 0. The van der Waals surface area contributed by atoms with Gasteiger partial charge in [0.25, 0.3) is 0 Å². The molecule has 0 aliphatic heterocycles. The van der Waals surface area contributed by atoms with Gasteiger partial charge in [0.1, 0.15) is 5.82 Å². The fourth-order valence-electron chi connectivity index (χ4n) is 0.499. The van der Waals surface area contributed by atoms with Crippen molar-refractivity contribution in [3.05, 3.63) is 16.3 Å². The summed E-state index contributed by atoms with van der Waals surface area (Å²) in [6.07, 6.45) is 0. The molecule has 0 amide bonds. The molecule has 0 aliphatic rings. The van der Waals surface area contributed by atoms with Gasteiger partial charge in [0.15, 0.2) is 0 Å². The Morgan fingerprint density at radius 1 is 1.67 bits per heavy atom. The first kappa shape index (κ1) is 6.00. The summed E-state index contributed by atoms with van der Waals surface area (Å²) in [6.45, 7) is 1.55. The summed E-state index contributed by atoms with van der Waals surface area (Å²) >= 11 is 0. The van der Waals surface area contributed by atoms with Gasteiger partial charge in [-0.1, -0.05) is 4.48 Å². The summed E-state index contributed by atoms with van der Waals surface area (Å²) in [4.78, 5) is 10.3. The standard InChI is InChI=1S/C4H6FN3O/c1-3-6-8(5)4(9)7(3)2/h1-2H3. The van der Waals surface area contributed by atoms with Crippen LogP contribution in [0.2, 0.25) is 0 Å². The number of rotatable bonds is 0. The number of hydrogen-bond donors (Lipinski definition) is 0. The van der Waals surface area contributed by atoms with Gasteiger partial charge in [-0.15, -0.1) is 5.10 Å². The van der Waals surface area contributed by atoms with Crippen LogP contribution in [0.3, 0.4) is 0 Å². The Balaban J connectivity index is 3.48. The Kier molecular flexibility index (Phi) is 1.12. The van der Waals surface area contributed by atoms with Crippen molar-refractivity contribution in [2.75, 3.05) is 0 Å². The minimum atomic E-state index is -0.743. The van der Waals surface area contributed by atoms with Gasteiger partial charge in [-0.2, -0.15) is 0 Å². The molecule has 1 heterocycles. The summed E-state index contributed by atoms with van der Waals surface area (Å²) in [5.41, 5.74) is -0.743. The van der Waals surface area contributed by atoms with Gasteiger partial charge in [0, 0.05) is 7.05 Å². The number of hydrogen-bond acceptors (Lipinski definition) is 2. The molecule has 0 unspecified atom stereocenters. The van der Waals surface area contributed by atoms with Crippen molar-refractivity contribution in [2.24, 2.45) is 7.05 Å². The summed E-state index contributed by atoms with van der Waals surface area (Å²) in [5, 5.41) is 3.21. The van der Waals surface area contributed by atoms with Crippen LogP contribution in [0.4, 0.5) is 4.48 Å². The second-order valence-corrected chi connectivity index (χ2v) is 1.75. The molecule has 1 aromatic heterocycles. The van der Waals surface area contributed by atoms with Gasteiger partial charge in [-0.25, -0.2) is 4.79 Å². The zero-order valence-electron chi connectivity index (χ0n) is 5.13. The molecule has 0 fully saturated rings. The van der Waals surface area contributed by atoms with Crippen molar-refractivity contribution >= 4 is 0 Å². The molecule has 0 saturated heterocycles. The van der Waals surface area contributed by atoms with E-state index >= 15 is 0 Å². The van der Waals surface area contributed by atoms with E-state index in [1.165, 1.54) is 7.05 Å². The van der Waals surface area contributed by atoms with Crippen molar-refractivity contribution in [1.82, 2.24) is 14.6 Å². The molecule has 0 aliphatic carbocycles. The molecule has 1 aromatic rings. The van der Waals surface area contributed by atoms with E-state index in [2.05, 4.69) is 5.10 Å². The highest BCUT2D eigenvalue weighted by Crippen LogP contribution is 1.82. The second-order valence-electron chi connectivity index (χ2n) is 1.75. The number of nitrogens with zero attached hydrogens (tertiary/aromatic N) is 3. The Morgan fingerprint density at radius 3 is 2.33 bits per heavy atom. The minimum Gasteiger partial charge on any atom is -0.280 e. The van der Waals surface area contributed by atoms with Gasteiger partial charge < -0.3 is 0 Å². The first-order chi connectivity index (χ1) is 4.13. The van der Waals surface area contributed by atoms with Gasteiger partial charge in [0.2, 0.25) is 0 Å². The fourth-order valence-corrected chi connectivity index (χ4v) is 0.499. The maximum absolute atomic E-state index is 12.1. The van der Waals surface area contributed by atoms with Gasteiger partial charge >= 0.3 is 5.69 Å². The van der Waals surface area contributed by atoms with Crippen LogP contribution in [-0.2, 0) is 7.05 Å². The van der Waals surface area contributed by atoms with Crippen molar-refractivity contribution in [3.8, 4) is 0 Å². The largest absolute Gasteiger partial charge is 0.375 e. The van der Waals surface area contributed by atoms with Crippen molar-refractivity contribution < 1.29 is 4.48 Å². The van der Waals surface area contributed by atoms with Crippen LogP contribution >= 0.6 is 0 Å². The third-order valence-electron chi connectivity index (χ3n) is 1.16. The molecule has 0 N–H and O–H groups in total. The average Bonchev–Trinajstić information content (AvgIpc) is 1.98. The quantitative estimate of drug-likeness (QED) is 0.481. The van der Waals surface area contributed by atoms with Crippen LogP contribution in [0.1, 0.15) is 5.82 Å². The predicted molar refractivity (Wildman–Crippen MR) is 28.7 cm³/mol. The molecule has 0 aromatic carbocycles. The van der Waals surface area contributed by atoms with Crippen LogP contribution in [-0.4, -0.2) is 14.6 Å². The van der Waals surface area contributed by atoms with Crippen LogP contribution in [0.5, 0.6) is 0 Å². The second kappa shape index (κ2) is 1.68. The molecule has 0 saturated carbocycles. The van der Waals surface area contributed by atoms with E-state index < -0.39 is 5.69 Å². The fraction of sp³-hybridized carbons (Fsp3) is 0.500. The minimum absolute atomic E-state index is 0.185. The van der Waals surface area contributed by atoms with E-state index in [0.717, 1.165) is 4.57 Å². The topological polar surface area (TPSA) is 39.8 Å². The molecule has 1 rings (SSSR count). The van der Waals surface area contributed by atoms with Crippen molar-refractivity contribution in [1.29, 1.82) is 0 Å². The molecule has 0 spiro atoms. The average molecular weight is 131 g/mol. The van der Waals surface area contributed by atoms with Crippen molar-refractivity contribution in [3.63, 3.8) is 0 Å². The molecular weight excluding hydrogens is 125 g/mol. The summed E-state index contributed by atoms with van der Waals surface area (Å²) < 4.78 is 13.2. The van der Waals surface area contributed by atoms with Crippen LogP contribution in [0.25, 0.3) is 0 Å². The SMILES string of the molecule is Cc1nn(F)c(=O)n1C. The summed E-state index contributed by atoms with van der Waals surface area (Å²) in [5.74, 6) is 0.363. The molecule has 0 radical (unpaired) electrons. The highest BCUT2D eigenvalue weighted by Gasteiger charge is 2.02. The third kappa shape index (κ3) is 0.737. The van der Waals surface area contributed by atoms with Crippen LogP contribution in [0.15, 0.2) is 4.79 Å². The lowest BCUT2D eigenvalue weighted by Gasteiger charge is -1.83. The third-order valence-corrected chi connectivity index (χ3v) is 1.16. The summed E-state index contributed by atoms with van der Waals surface area (Å²) in [7, 11) is 1.46. The van der Waals surface area contributed by atoms with E-state index in [1.54, 1.807) is 6.92 Å². The van der Waals surface area contributed by atoms with Crippen molar-refractivity contribution in [2.45, 2.75) is 6.92 Å². The smallest absolute Gasteiger partial charge is 0.280 e. The van der Waals surface area contributed by atoms with Gasteiger partial charge in [-0.3, -0.25) is 4.57 Å². The van der Waals surface area contributed by atoms with E-state index in [1.807, 2.05) is 0 Å². The Bertz CT molecular complexity index is 274. The molecule has 9 heavy (non-hydrogen) atoms.